The summed E-state index contributed by atoms with van der Waals surface area (Å²) in [6, 6.07) is 7.13. The Labute approximate surface area is 171 Å². The number of hydrogen-bond acceptors (Lipinski definition) is 4. The molecule has 160 valence electrons. The van der Waals surface area contributed by atoms with Crippen LogP contribution in [0.5, 0.6) is 0 Å². The predicted octanol–water partition coefficient (Wildman–Crippen LogP) is 3.79. The first-order chi connectivity index (χ1) is 14.0. The molecule has 0 saturated heterocycles. The van der Waals surface area contributed by atoms with Crippen molar-refractivity contribution in [2.24, 2.45) is 7.05 Å². The van der Waals surface area contributed by atoms with Gasteiger partial charge in [-0.15, -0.1) is 0 Å². The Kier molecular flexibility index (Phi) is 5.60. The number of amides is 1. The van der Waals surface area contributed by atoms with Gasteiger partial charge in [0.2, 0.25) is 0 Å². The van der Waals surface area contributed by atoms with E-state index in [2.05, 4.69) is 15.4 Å². The summed E-state index contributed by atoms with van der Waals surface area (Å²) in [6.07, 6.45) is -2.84. The van der Waals surface area contributed by atoms with Gasteiger partial charge in [-0.25, -0.2) is 0 Å². The number of carbonyl (C=O) groups is 1. The first kappa shape index (κ1) is 21.8. The molecule has 9 heteroatoms. The van der Waals surface area contributed by atoms with Crippen molar-refractivity contribution >= 4 is 16.8 Å². The third-order valence-electron chi connectivity index (χ3n) is 5.36. The maximum Gasteiger partial charge on any atom is 0.399 e. The minimum absolute atomic E-state index is 0.0820. The number of aliphatic hydroxyl groups excluding tert-OH is 1. The van der Waals surface area contributed by atoms with Gasteiger partial charge in [-0.3, -0.25) is 14.5 Å². The fourth-order valence-electron chi connectivity index (χ4n) is 3.15. The van der Waals surface area contributed by atoms with Gasteiger partial charge in [0.15, 0.2) is 0 Å². The standard InChI is InChI=1S/C21H23F3N4O2/c1-12(15-10-25-28(4)17(15)11-29)26-19(30)14-5-7-16-13(9-14)6-8-18(27-16)20(2,3)21(22,23)24/h5-10,12,29H,11H2,1-4H3,(H,26,30). The van der Waals surface area contributed by atoms with Crippen LogP contribution < -0.4 is 5.32 Å². The van der Waals surface area contributed by atoms with Crippen LogP contribution in [-0.4, -0.2) is 32.0 Å². The van der Waals surface area contributed by atoms with Crippen molar-refractivity contribution in [2.75, 3.05) is 0 Å². The zero-order chi connectivity index (χ0) is 22.3. The van der Waals surface area contributed by atoms with Crippen LogP contribution in [0.2, 0.25) is 0 Å². The van der Waals surface area contributed by atoms with Crippen molar-refractivity contribution in [3.63, 3.8) is 0 Å². The van der Waals surface area contributed by atoms with Crippen LogP contribution in [-0.2, 0) is 19.1 Å². The maximum absolute atomic E-state index is 13.3. The van der Waals surface area contributed by atoms with Crippen LogP contribution in [0, 0.1) is 0 Å². The molecule has 0 fully saturated rings. The molecule has 1 atom stereocenters. The van der Waals surface area contributed by atoms with E-state index in [1.165, 1.54) is 24.3 Å². The summed E-state index contributed by atoms with van der Waals surface area (Å²) < 4.78 is 41.4. The molecule has 2 heterocycles. The van der Waals surface area contributed by atoms with Crippen LogP contribution in [0.15, 0.2) is 36.5 Å². The predicted molar refractivity (Wildman–Crippen MR) is 106 cm³/mol. The summed E-state index contributed by atoms with van der Waals surface area (Å²) in [6.45, 7) is 3.75. The fourth-order valence-corrected chi connectivity index (χ4v) is 3.15. The Balaban J connectivity index is 1.85. The first-order valence-electron chi connectivity index (χ1n) is 9.36. The van der Waals surface area contributed by atoms with Crippen LogP contribution in [0.3, 0.4) is 0 Å². The summed E-state index contributed by atoms with van der Waals surface area (Å²) in [4.78, 5) is 16.8. The molecule has 0 saturated carbocycles. The average Bonchev–Trinajstić information content (AvgIpc) is 3.06. The minimum atomic E-state index is -4.43. The number of benzene rings is 1. The molecule has 6 nitrogen and oxygen atoms in total. The van der Waals surface area contributed by atoms with E-state index in [9.17, 15) is 23.1 Å². The number of nitrogens with zero attached hydrogens (tertiary/aromatic N) is 3. The Bertz CT molecular complexity index is 1090. The molecule has 1 amide bonds. The van der Waals surface area contributed by atoms with Gasteiger partial charge in [0.05, 0.1) is 35.8 Å². The highest BCUT2D eigenvalue weighted by atomic mass is 19.4. The summed E-state index contributed by atoms with van der Waals surface area (Å²) in [5, 5.41) is 17.0. The van der Waals surface area contributed by atoms with Crippen LogP contribution in [0.1, 0.15) is 54.1 Å². The summed E-state index contributed by atoms with van der Waals surface area (Å²) in [5.41, 5.74) is -0.125. The quantitative estimate of drug-likeness (QED) is 0.658. The fraction of sp³-hybridized carbons (Fsp3) is 0.381. The number of carbonyl (C=O) groups excluding carboxylic acids is 1. The largest absolute Gasteiger partial charge is 0.399 e. The molecule has 0 aliphatic carbocycles. The first-order valence-corrected chi connectivity index (χ1v) is 9.36. The molecule has 1 aromatic carbocycles. The van der Waals surface area contributed by atoms with Crippen LogP contribution >= 0.6 is 0 Å². The monoisotopic (exact) mass is 420 g/mol. The molecule has 0 aliphatic heterocycles. The smallest absolute Gasteiger partial charge is 0.390 e. The molecule has 0 aliphatic rings. The van der Waals surface area contributed by atoms with E-state index in [-0.39, 0.29) is 18.2 Å². The van der Waals surface area contributed by atoms with E-state index in [0.717, 1.165) is 13.8 Å². The lowest BCUT2D eigenvalue weighted by molar-refractivity contribution is -0.181. The molecule has 2 N–H and O–H groups in total. The van der Waals surface area contributed by atoms with Gasteiger partial charge in [-0.05, 0) is 45.0 Å². The van der Waals surface area contributed by atoms with Gasteiger partial charge >= 0.3 is 6.18 Å². The van der Waals surface area contributed by atoms with E-state index in [0.29, 0.717) is 27.7 Å². The van der Waals surface area contributed by atoms with E-state index in [1.807, 2.05) is 0 Å². The number of rotatable bonds is 5. The lowest BCUT2D eigenvalue weighted by atomic mass is 9.87. The molecule has 3 rings (SSSR count). The number of halogens is 3. The Morgan fingerprint density at radius 3 is 2.57 bits per heavy atom. The van der Waals surface area contributed by atoms with Crippen molar-refractivity contribution in [2.45, 2.75) is 45.0 Å². The summed E-state index contributed by atoms with van der Waals surface area (Å²) in [7, 11) is 1.70. The molecule has 30 heavy (non-hydrogen) atoms. The van der Waals surface area contributed by atoms with Crippen LogP contribution in [0.4, 0.5) is 13.2 Å². The molecule has 2 aromatic heterocycles. The van der Waals surface area contributed by atoms with Crippen molar-refractivity contribution in [1.29, 1.82) is 0 Å². The molecule has 0 radical (unpaired) electrons. The van der Waals surface area contributed by atoms with Crippen molar-refractivity contribution < 1.29 is 23.1 Å². The number of hydrogen-bond donors (Lipinski definition) is 2. The second kappa shape index (κ2) is 7.71. The zero-order valence-corrected chi connectivity index (χ0v) is 17.1. The summed E-state index contributed by atoms with van der Waals surface area (Å²) >= 11 is 0. The molecule has 1 unspecified atom stereocenters. The van der Waals surface area contributed by atoms with Gasteiger partial charge < -0.3 is 10.4 Å². The van der Waals surface area contributed by atoms with E-state index < -0.39 is 17.6 Å². The average molecular weight is 420 g/mol. The molecular weight excluding hydrogens is 397 g/mol. The number of pyridine rings is 1. The highest BCUT2D eigenvalue weighted by Gasteiger charge is 2.49. The second-order valence-corrected chi connectivity index (χ2v) is 7.75. The highest BCUT2D eigenvalue weighted by molar-refractivity contribution is 5.98. The normalized spacial score (nSPS) is 13.5. The lowest BCUT2D eigenvalue weighted by Gasteiger charge is -2.27. The van der Waals surface area contributed by atoms with E-state index in [1.54, 1.807) is 30.9 Å². The molecule has 0 spiro atoms. The third-order valence-corrected chi connectivity index (χ3v) is 5.36. The molecule has 3 aromatic rings. The highest BCUT2D eigenvalue weighted by Crippen LogP contribution is 2.39. The van der Waals surface area contributed by atoms with Gasteiger partial charge in [0.25, 0.3) is 5.91 Å². The number of fused-ring (bicyclic) bond motifs is 1. The maximum atomic E-state index is 13.3. The Hall–Kier alpha value is -2.94. The second-order valence-electron chi connectivity index (χ2n) is 7.75. The van der Waals surface area contributed by atoms with E-state index in [4.69, 9.17) is 0 Å². The molecule has 0 bridgehead atoms. The summed E-state index contributed by atoms with van der Waals surface area (Å²) in [5.74, 6) is -0.350. The van der Waals surface area contributed by atoms with Gasteiger partial charge in [-0.2, -0.15) is 18.3 Å². The van der Waals surface area contributed by atoms with Crippen LogP contribution in [0.25, 0.3) is 10.9 Å². The number of aromatic nitrogens is 3. The number of aryl methyl sites for hydroxylation is 1. The van der Waals surface area contributed by atoms with Crippen molar-refractivity contribution in [1.82, 2.24) is 20.1 Å². The number of nitrogens with one attached hydrogen (secondary N) is 1. The third kappa shape index (κ3) is 3.89. The SMILES string of the molecule is CC(NC(=O)c1ccc2nc(C(C)(C)C(F)(F)F)ccc2c1)c1cnn(C)c1CO. The van der Waals surface area contributed by atoms with E-state index >= 15 is 0 Å². The van der Waals surface area contributed by atoms with Gasteiger partial charge in [-0.1, -0.05) is 6.07 Å². The zero-order valence-electron chi connectivity index (χ0n) is 17.1. The molecular formula is C21H23F3N4O2. The lowest BCUT2D eigenvalue weighted by Crippen LogP contribution is -2.37. The Morgan fingerprint density at radius 2 is 1.93 bits per heavy atom. The van der Waals surface area contributed by atoms with Gasteiger partial charge in [0.1, 0.15) is 5.41 Å². The Morgan fingerprint density at radius 1 is 1.23 bits per heavy atom. The van der Waals surface area contributed by atoms with Crippen molar-refractivity contribution in [3.05, 3.63) is 59.0 Å². The van der Waals surface area contributed by atoms with Gasteiger partial charge in [0, 0.05) is 23.6 Å². The topological polar surface area (TPSA) is 80.0 Å². The minimum Gasteiger partial charge on any atom is -0.390 e. The number of aliphatic hydroxyl groups is 1. The van der Waals surface area contributed by atoms with Crippen molar-refractivity contribution in [3.8, 4) is 0 Å². The number of alkyl halides is 3.